The minimum absolute atomic E-state index is 1.10. The summed E-state index contributed by atoms with van der Waals surface area (Å²) in [6, 6.07) is 81.6. The largest absolute Gasteiger partial charge is 0.309 e. The molecular formula is C54H37N. The molecule has 55 heavy (non-hydrogen) atoms. The molecule has 0 amide bonds. The van der Waals surface area contributed by atoms with E-state index in [4.69, 9.17) is 0 Å². The third kappa shape index (κ3) is 6.22. The van der Waals surface area contributed by atoms with Gasteiger partial charge in [0.2, 0.25) is 0 Å². The van der Waals surface area contributed by atoms with Gasteiger partial charge in [-0.15, -0.1) is 0 Å². The van der Waals surface area contributed by atoms with Crippen molar-refractivity contribution in [3.63, 3.8) is 0 Å². The Morgan fingerprint density at radius 1 is 0.236 bits per heavy atom. The Kier molecular flexibility index (Phi) is 8.24. The monoisotopic (exact) mass is 699 g/mol. The number of fused-ring (bicyclic) bond motifs is 3. The van der Waals surface area contributed by atoms with Gasteiger partial charge in [-0.3, -0.25) is 0 Å². The maximum absolute atomic E-state index is 2.46. The number of rotatable bonds is 7. The highest BCUT2D eigenvalue weighted by Gasteiger charge is 2.21. The molecule has 0 saturated heterocycles. The standard InChI is InChI=1S/C54H37N/c1-2-11-38(12-3-1)41-21-23-42(24-22-41)43-29-32-50(33-30-43)55(53-20-10-18-44-15-8-9-19-51(44)53)54-37-48(47-27-25-39-13-4-6-16-45(39)35-47)31-34-52(54)49-28-26-40-14-5-7-17-46(40)36-49/h1-37H. The van der Waals surface area contributed by atoms with Crippen LogP contribution in [0.4, 0.5) is 17.1 Å². The number of hydrogen-bond donors (Lipinski definition) is 0. The highest BCUT2D eigenvalue weighted by atomic mass is 15.1. The molecule has 10 aromatic rings. The molecule has 0 bridgehead atoms. The van der Waals surface area contributed by atoms with Gasteiger partial charge in [-0.2, -0.15) is 0 Å². The fraction of sp³-hybridized carbons (Fsp3) is 0. The van der Waals surface area contributed by atoms with Crippen molar-refractivity contribution in [1.29, 1.82) is 0 Å². The highest BCUT2D eigenvalue weighted by molar-refractivity contribution is 6.02. The van der Waals surface area contributed by atoms with Crippen LogP contribution in [-0.2, 0) is 0 Å². The molecular weight excluding hydrogens is 663 g/mol. The second-order valence-electron chi connectivity index (χ2n) is 14.2. The number of benzene rings is 10. The van der Waals surface area contributed by atoms with Crippen LogP contribution in [0, 0.1) is 0 Å². The molecule has 0 N–H and O–H groups in total. The van der Waals surface area contributed by atoms with E-state index >= 15 is 0 Å². The Labute approximate surface area is 322 Å². The normalized spacial score (nSPS) is 11.3. The van der Waals surface area contributed by atoms with Crippen LogP contribution in [0.5, 0.6) is 0 Å². The molecule has 258 valence electrons. The lowest BCUT2D eigenvalue weighted by Crippen LogP contribution is -2.12. The third-order valence-corrected chi connectivity index (χ3v) is 10.8. The number of anilines is 3. The van der Waals surface area contributed by atoms with E-state index in [2.05, 4.69) is 229 Å². The van der Waals surface area contributed by atoms with Crippen LogP contribution in [0.25, 0.3) is 76.8 Å². The summed E-state index contributed by atoms with van der Waals surface area (Å²) >= 11 is 0. The summed E-state index contributed by atoms with van der Waals surface area (Å²) in [5.74, 6) is 0. The summed E-state index contributed by atoms with van der Waals surface area (Å²) in [7, 11) is 0. The van der Waals surface area contributed by atoms with Crippen molar-refractivity contribution in [1.82, 2.24) is 0 Å². The molecule has 0 spiro atoms. The van der Waals surface area contributed by atoms with Gasteiger partial charge < -0.3 is 4.90 Å². The highest BCUT2D eigenvalue weighted by Crippen LogP contribution is 2.46. The van der Waals surface area contributed by atoms with Gasteiger partial charge in [-0.1, -0.05) is 188 Å². The second kappa shape index (κ2) is 14.0. The predicted molar refractivity (Wildman–Crippen MR) is 235 cm³/mol. The zero-order valence-corrected chi connectivity index (χ0v) is 30.3. The van der Waals surface area contributed by atoms with Gasteiger partial charge in [-0.05, 0) is 102 Å². The van der Waals surface area contributed by atoms with Crippen molar-refractivity contribution in [2.24, 2.45) is 0 Å². The maximum Gasteiger partial charge on any atom is 0.0546 e. The first-order chi connectivity index (χ1) is 27.2. The average molecular weight is 700 g/mol. The zero-order valence-electron chi connectivity index (χ0n) is 30.3. The van der Waals surface area contributed by atoms with Crippen LogP contribution < -0.4 is 4.90 Å². The van der Waals surface area contributed by atoms with Crippen LogP contribution in [0.15, 0.2) is 224 Å². The van der Waals surface area contributed by atoms with E-state index in [0.29, 0.717) is 0 Å². The van der Waals surface area contributed by atoms with Gasteiger partial charge in [0.05, 0.1) is 11.4 Å². The summed E-state index contributed by atoms with van der Waals surface area (Å²) in [6.07, 6.45) is 0. The van der Waals surface area contributed by atoms with Gasteiger partial charge in [0, 0.05) is 16.6 Å². The first kappa shape index (κ1) is 32.4. The quantitative estimate of drug-likeness (QED) is 0.160. The lowest BCUT2D eigenvalue weighted by atomic mass is 9.94. The fourth-order valence-corrected chi connectivity index (χ4v) is 7.97. The smallest absolute Gasteiger partial charge is 0.0546 e. The van der Waals surface area contributed by atoms with Crippen molar-refractivity contribution >= 4 is 49.4 Å². The van der Waals surface area contributed by atoms with Crippen LogP contribution >= 0.6 is 0 Å². The van der Waals surface area contributed by atoms with E-state index in [0.717, 1.165) is 17.1 Å². The van der Waals surface area contributed by atoms with Gasteiger partial charge in [-0.25, -0.2) is 0 Å². The summed E-state index contributed by atoms with van der Waals surface area (Å²) < 4.78 is 0. The van der Waals surface area contributed by atoms with Crippen molar-refractivity contribution in [2.75, 3.05) is 4.90 Å². The molecule has 1 nitrogen and oxygen atoms in total. The first-order valence-corrected chi connectivity index (χ1v) is 18.9. The SMILES string of the molecule is c1ccc(-c2ccc(-c3ccc(N(c4cc(-c5ccc6ccccc6c5)ccc4-c4ccc5ccccc5c4)c4cccc5ccccc45)cc3)cc2)cc1. The van der Waals surface area contributed by atoms with Crippen molar-refractivity contribution in [2.45, 2.75) is 0 Å². The number of nitrogens with zero attached hydrogens (tertiary/aromatic N) is 1. The van der Waals surface area contributed by atoms with Crippen molar-refractivity contribution in [3.8, 4) is 44.5 Å². The van der Waals surface area contributed by atoms with Gasteiger partial charge >= 0.3 is 0 Å². The molecule has 0 radical (unpaired) electrons. The summed E-state index contributed by atoms with van der Waals surface area (Å²) in [6.45, 7) is 0. The van der Waals surface area contributed by atoms with Crippen molar-refractivity contribution in [3.05, 3.63) is 224 Å². The van der Waals surface area contributed by atoms with Crippen molar-refractivity contribution < 1.29 is 0 Å². The van der Waals surface area contributed by atoms with Crippen LogP contribution in [-0.4, -0.2) is 0 Å². The van der Waals surface area contributed by atoms with E-state index in [1.165, 1.54) is 76.8 Å². The molecule has 0 saturated carbocycles. The third-order valence-electron chi connectivity index (χ3n) is 10.8. The van der Waals surface area contributed by atoms with Crippen LogP contribution in [0.1, 0.15) is 0 Å². The summed E-state index contributed by atoms with van der Waals surface area (Å²) in [5.41, 5.74) is 12.9. The Balaban J connectivity index is 1.16. The second-order valence-corrected chi connectivity index (χ2v) is 14.2. The Hall–Kier alpha value is -7.22. The lowest BCUT2D eigenvalue weighted by molar-refractivity contribution is 1.30. The van der Waals surface area contributed by atoms with Gasteiger partial charge in [0.15, 0.2) is 0 Å². The van der Waals surface area contributed by atoms with E-state index < -0.39 is 0 Å². The van der Waals surface area contributed by atoms with E-state index in [1.54, 1.807) is 0 Å². The fourth-order valence-electron chi connectivity index (χ4n) is 7.97. The molecule has 0 aromatic heterocycles. The van der Waals surface area contributed by atoms with Gasteiger partial charge in [0.25, 0.3) is 0 Å². The molecule has 0 aliphatic heterocycles. The molecule has 0 aliphatic carbocycles. The molecule has 10 aromatic carbocycles. The molecule has 0 atom stereocenters. The van der Waals surface area contributed by atoms with Gasteiger partial charge in [0.1, 0.15) is 0 Å². The molecule has 0 aliphatic rings. The zero-order chi connectivity index (χ0) is 36.6. The first-order valence-electron chi connectivity index (χ1n) is 18.9. The minimum atomic E-state index is 1.10. The van der Waals surface area contributed by atoms with Crippen LogP contribution in [0.2, 0.25) is 0 Å². The molecule has 10 rings (SSSR count). The molecule has 0 unspecified atom stereocenters. The molecule has 1 heteroatoms. The minimum Gasteiger partial charge on any atom is -0.309 e. The van der Waals surface area contributed by atoms with E-state index in [1.807, 2.05) is 0 Å². The molecule has 0 heterocycles. The molecule has 0 fully saturated rings. The van der Waals surface area contributed by atoms with E-state index in [9.17, 15) is 0 Å². The predicted octanol–water partition coefficient (Wildman–Crippen LogP) is 15.3. The number of hydrogen-bond acceptors (Lipinski definition) is 1. The Morgan fingerprint density at radius 2 is 0.691 bits per heavy atom. The lowest BCUT2D eigenvalue weighted by Gasteiger charge is -2.30. The Bertz CT molecular complexity index is 2950. The average Bonchev–Trinajstić information content (AvgIpc) is 3.27. The summed E-state index contributed by atoms with van der Waals surface area (Å²) in [5, 5.41) is 7.34. The van der Waals surface area contributed by atoms with Crippen LogP contribution in [0.3, 0.4) is 0 Å². The topological polar surface area (TPSA) is 3.24 Å². The Morgan fingerprint density at radius 3 is 1.36 bits per heavy atom. The van der Waals surface area contributed by atoms with E-state index in [-0.39, 0.29) is 0 Å². The maximum atomic E-state index is 2.46. The summed E-state index contributed by atoms with van der Waals surface area (Å²) in [4.78, 5) is 2.46.